The number of benzene rings is 1. The summed E-state index contributed by atoms with van der Waals surface area (Å²) >= 11 is 11.3. The first kappa shape index (κ1) is 13.6. The second-order valence-corrected chi connectivity index (χ2v) is 4.49. The van der Waals surface area contributed by atoms with E-state index in [9.17, 15) is 9.18 Å². The minimum atomic E-state index is -0.618. The van der Waals surface area contributed by atoms with E-state index in [-0.39, 0.29) is 27.1 Å². The average Bonchev–Trinajstić information content (AvgIpc) is 2.37. The maximum atomic E-state index is 13.2. The van der Waals surface area contributed by atoms with Crippen molar-refractivity contribution >= 4 is 40.6 Å². The summed E-state index contributed by atoms with van der Waals surface area (Å²) in [4.78, 5) is 15.6. The Balaban J connectivity index is 2.20. The molecule has 2 aromatic rings. The molecule has 0 atom stereocenters. The van der Waals surface area contributed by atoms with Crippen LogP contribution in [0, 0.1) is 5.82 Å². The first-order valence-electron chi connectivity index (χ1n) is 5.15. The van der Waals surface area contributed by atoms with Gasteiger partial charge in [0.25, 0.3) is 5.91 Å². The number of rotatable bonds is 2. The van der Waals surface area contributed by atoms with Crippen molar-refractivity contribution in [3.8, 4) is 0 Å². The highest BCUT2D eigenvalue weighted by molar-refractivity contribution is 6.33. The van der Waals surface area contributed by atoms with Crippen LogP contribution in [0.2, 0.25) is 10.0 Å². The molecule has 19 heavy (non-hydrogen) atoms. The van der Waals surface area contributed by atoms with E-state index in [2.05, 4.69) is 10.3 Å². The summed E-state index contributed by atoms with van der Waals surface area (Å²) in [5.74, 6) is -0.959. The van der Waals surface area contributed by atoms with Crippen LogP contribution in [-0.2, 0) is 0 Å². The van der Waals surface area contributed by atoms with Crippen LogP contribution in [0.25, 0.3) is 0 Å². The standard InChI is InChI=1S/C12H8Cl2FN3O/c13-8-2-1-7(4-10(8)15)18-12(19)6-3-9(14)11(16)17-5-6/h1-5H,(H2,16,17)(H,18,19). The fourth-order valence-electron chi connectivity index (χ4n) is 1.35. The number of hydrogen-bond donors (Lipinski definition) is 2. The van der Waals surface area contributed by atoms with Crippen LogP contribution in [0.3, 0.4) is 0 Å². The Kier molecular flexibility index (Phi) is 3.87. The van der Waals surface area contributed by atoms with Crippen LogP contribution in [0.15, 0.2) is 30.5 Å². The molecule has 98 valence electrons. The molecule has 0 saturated carbocycles. The van der Waals surface area contributed by atoms with Crippen molar-refractivity contribution in [2.75, 3.05) is 11.1 Å². The molecule has 0 fully saturated rings. The van der Waals surface area contributed by atoms with Crippen LogP contribution >= 0.6 is 23.2 Å². The molecule has 1 amide bonds. The van der Waals surface area contributed by atoms with Gasteiger partial charge in [-0.15, -0.1) is 0 Å². The monoisotopic (exact) mass is 299 g/mol. The highest BCUT2D eigenvalue weighted by atomic mass is 35.5. The van der Waals surface area contributed by atoms with Crippen LogP contribution in [-0.4, -0.2) is 10.9 Å². The van der Waals surface area contributed by atoms with Crippen LogP contribution < -0.4 is 11.1 Å². The number of nitrogens with two attached hydrogens (primary N) is 1. The van der Waals surface area contributed by atoms with Crippen molar-refractivity contribution in [1.82, 2.24) is 4.98 Å². The molecule has 0 aliphatic rings. The van der Waals surface area contributed by atoms with Gasteiger partial charge < -0.3 is 11.1 Å². The lowest BCUT2D eigenvalue weighted by molar-refractivity contribution is 0.102. The van der Waals surface area contributed by atoms with E-state index in [1.165, 1.54) is 24.4 Å². The van der Waals surface area contributed by atoms with Crippen molar-refractivity contribution in [2.45, 2.75) is 0 Å². The van der Waals surface area contributed by atoms with Crippen molar-refractivity contribution in [2.24, 2.45) is 0 Å². The van der Waals surface area contributed by atoms with Gasteiger partial charge in [-0.1, -0.05) is 23.2 Å². The highest BCUT2D eigenvalue weighted by Crippen LogP contribution is 2.20. The first-order valence-corrected chi connectivity index (χ1v) is 5.90. The third-order valence-corrected chi connectivity index (χ3v) is 2.92. The quantitative estimate of drug-likeness (QED) is 0.893. The van der Waals surface area contributed by atoms with Crippen molar-refractivity contribution in [1.29, 1.82) is 0 Å². The van der Waals surface area contributed by atoms with E-state index >= 15 is 0 Å². The number of pyridine rings is 1. The number of amides is 1. The van der Waals surface area contributed by atoms with Gasteiger partial charge in [-0.05, 0) is 24.3 Å². The molecule has 0 saturated heterocycles. The van der Waals surface area contributed by atoms with Gasteiger partial charge in [-0.2, -0.15) is 0 Å². The van der Waals surface area contributed by atoms with Crippen molar-refractivity contribution < 1.29 is 9.18 Å². The number of anilines is 2. The maximum Gasteiger partial charge on any atom is 0.257 e. The summed E-state index contributed by atoms with van der Waals surface area (Å²) in [6, 6.07) is 5.33. The average molecular weight is 300 g/mol. The minimum Gasteiger partial charge on any atom is -0.382 e. The predicted octanol–water partition coefficient (Wildman–Crippen LogP) is 3.36. The maximum absolute atomic E-state index is 13.2. The van der Waals surface area contributed by atoms with Crippen LogP contribution in [0.1, 0.15) is 10.4 Å². The third kappa shape index (κ3) is 3.13. The number of nitrogens with zero attached hydrogens (tertiary/aromatic N) is 1. The van der Waals surface area contributed by atoms with Crippen LogP contribution in [0.5, 0.6) is 0 Å². The smallest absolute Gasteiger partial charge is 0.257 e. The second-order valence-electron chi connectivity index (χ2n) is 3.67. The molecule has 0 aliphatic heterocycles. The molecule has 0 unspecified atom stereocenters. The van der Waals surface area contributed by atoms with E-state index in [1.807, 2.05) is 0 Å². The minimum absolute atomic E-state index is 0.0183. The van der Waals surface area contributed by atoms with Gasteiger partial charge in [0.15, 0.2) is 0 Å². The fraction of sp³-hybridized carbons (Fsp3) is 0. The van der Waals surface area contributed by atoms with Gasteiger partial charge in [0.2, 0.25) is 0 Å². The number of carbonyl (C=O) groups excluding carboxylic acids is 1. The topological polar surface area (TPSA) is 68.0 Å². The van der Waals surface area contributed by atoms with Gasteiger partial charge >= 0.3 is 0 Å². The summed E-state index contributed by atoms with van der Waals surface area (Å²) in [5.41, 5.74) is 5.93. The Morgan fingerprint density at radius 2 is 2.00 bits per heavy atom. The molecule has 0 spiro atoms. The zero-order valence-corrected chi connectivity index (χ0v) is 11.0. The number of nitrogen functional groups attached to an aromatic ring is 1. The van der Waals surface area contributed by atoms with E-state index in [1.54, 1.807) is 0 Å². The molecule has 0 radical (unpaired) electrons. The van der Waals surface area contributed by atoms with Crippen molar-refractivity contribution in [3.05, 3.63) is 51.9 Å². The lowest BCUT2D eigenvalue weighted by atomic mass is 10.2. The highest BCUT2D eigenvalue weighted by Gasteiger charge is 2.10. The number of carbonyl (C=O) groups is 1. The lowest BCUT2D eigenvalue weighted by Crippen LogP contribution is -2.12. The SMILES string of the molecule is Nc1ncc(C(=O)Nc2ccc(Cl)c(F)c2)cc1Cl. The fourth-order valence-corrected chi connectivity index (χ4v) is 1.63. The summed E-state index contributed by atoms with van der Waals surface area (Å²) in [6.07, 6.45) is 1.28. The van der Waals surface area contributed by atoms with Gasteiger partial charge in [0.1, 0.15) is 11.6 Å². The summed E-state index contributed by atoms with van der Waals surface area (Å²) in [5, 5.41) is 2.65. The summed E-state index contributed by atoms with van der Waals surface area (Å²) < 4.78 is 13.2. The number of aromatic nitrogens is 1. The van der Waals surface area contributed by atoms with Gasteiger partial charge in [0.05, 0.1) is 15.6 Å². The molecule has 1 aromatic heterocycles. The predicted molar refractivity (Wildman–Crippen MR) is 73.0 cm³/mol. The summed E-state index contributed by atoms with van der Waals surface area (Å²) in [6.45, 7) is 0. The molecular formula is C12H8Cl2FN3O. The Labute approximate surface area is 118 Å². The number of nitrogens with one attached hydrogen (secondary N) is 1. The molecule has 2 rings (SSSR count). The van der Waals surface area contributed by atoms with E-state index in [4.69, 9.17) is 28.9 Å². The molecule has 1 aromatic carbocycles. The zero-order chi connectivity index (χ0) is 14.0. The summed E-state index contributed by atoms with van der Waals surface area (Å²) in [7, 11) is 0. The number of halogens is 3. The Morgan fingerprint density at radius 3 is 2.63 bits per heavy atom. The third-order valence-electron chi connectivity index (χ3n) is 2.31. The lowest BCUT2D eigenvalue weighted by Gasteiger charge is -2.06. The molecular weight excluding hydrogens is 292 g/mol. The largest absolute Gasteiger partial charge is 0.382 e. The molecule has 0 bridgehead atoms. The normalized spacial score (nSPS) is 10.3. The zero-order valence-electron chi connectivity index (χ0n) is 9.45. The number of hydrogen-bond acceptors (Lipinski definition) is 3. The Bertz CT molecular complexity index is 649. The van der Waals surface area contributed by atoms with Gasteiger partial charge in [-0.25, -0.2) is 9.37 Å². The van der Waals surface area contributed by atoms with Gasteiger partial charge in [0, 0.05) is 11.9 Å². The Morgan fingerprint density at radius 1 is 1.26 bits per heavy atom. The Hall–Kier alpha value is -1.85. The first-order chi connectivity index (χ1) is 8.97. The molecule has 0 aliphatic carbocycles. The molecule has 3 N–H and O–H groups in total. The van der Waals surface area contributed by atoms with E-state index in [0.29, 0.717) is 0 Å². The van der Waals surface area contributed by atoms with Crippen molar-refractivity contribution in [3.63, 3.8) is 0 Å². The van der Waals surface area contributed by atoms with Crippen LogP contribution in [0.4, 0.5) is 15.9 Å². The molecule has 4 nitrogen and oxygen atoms in total. The second kappa shape index (κ2) is 5.42. The van der Waals surface area contributed by atoms with Gasteiger partial charge in [-0.3, -0.25) is 4.79 Å². The van der Waals surface area contributed by atoms with E-state index < -0.39 is 11.7 Å². The molecule has 7 heteroatoms. The van der Waals surface area contributed by atoms with E-state index in [0.717, 1.165) is 6.07 Å². The molecule has 1 heterocycles.